The normalized spacial score (nSPS) is 45.8. The van der Waals surface area contributed by atoms with Crippen molar-refractivity contribution in [2.75, 3.05) is 0 Å². The molecular formula is C9H15F2N. The van der Waals surface area contributed by atoms with Crippen molar-refractivity contribution in [2.45, 2.75) is 44.1 Å². The van der Waals surface area contributed by atoms with Gasteiger partial charge in [-0.15, -0.1) is 0 Å². The van der Waals surface area contributed by atoms with Crippen molar-refractivity contribution >= 4 is 0 Å². The van der Waals surface area contributed by atoms with Crippen LogP contribution in [0.25, 0.3) is 0 Å². The highest BCUT2D eigenvalue weighted by Gasteiger charge is 2.52. The Balaban J connectivity index is 2.18. The Morgan fingerprint density at radius 3 is 2.08 bits per heavy atom. The fourth-order valence-corrected chi connectivity index (χ4v) is 2.71. The zero-order valence-corrected chi connectivity index (χ0v) is 7.10. The predicted molar refractivity (Wildman–Crippen MR) is 43.0 cm³/mol. The molecule has 2 atom stereocenters. The van der Waals surface area contributed by atoms with Gasteiger partial charge in [0.25, 0.3) is 5.92 Å². The highest BCUT2D eigenvalue weighted by molar-refractivity contribution is 4.96. The maximum absolute atomic E-state index is 13.4. The quantitative estimate of drug-likeness (QED) is 0.600. The molecule has 2 aliphatic rings. The molecule has 0 spiro atoms. The lowest BCUT2D eigenvalue weighted by atomic mass is 9.67. The van der Waals surface area contributed by atoms with E-state index in [1.807, 2.05) is 0 Å². The smallest absolute Gasteiger partial charge is 0.253 e. The molecule has 0 aliphatic heterocycles. The fourth-order valence-electron chi connectivity index (χ4n) is 2.71. The highest BCUT2D eigenvalue weighted by atomic mass is 19.3. The lowest BCUT2D eigenvalue weighted by Gasteiger charge is -2.44. The highest BCUT2D eigenvalue weighted by Crippen LogP contribution is 2.50. The van der Waals surface area contributed by atoms with Gasteiger partial charge in [0.1, 0.15) is 0 Å². The van der Waals surface area contributed by atoms with Gasteiger partial charge in [-0.2, -0.15) is 0 Å². The number of halogens is 2. The molecule has 12 heavy (non-hydrogen) atoms. The van der Waals surface area contributed by atoms with Gasteiger partial charge in [-0.05, 0) is 25.7 Å². The summed E-state index contributed by atoms with van der Waals surface area (Å²) < 4.78 is 26.9. The van der Waals surface area contributed by atoms with Gasteiger partial charge in [-0.25, -0.2) is 8.78 Å². The molecule has 3 heteroatoms. The second kappa shape index (κ2) is 2.66. The minimum absolute atomic E-state index is 0.0277. The first-order valence-electron chi connectivity index (χ1n) is 4.74. The van der Waals surface area contributed by atoms with Crippen LogP contribution in [0.3, 0.4) is 0 Å². The number of alkyl halides is 2. The van der Waals surface area contributed by atoms with E-state index in [1.165, 1.54) is 0 Å². The molecular weight excluding hydrogens is 160 g/mol. The van der Waals surface area contributed by atoms with Crippen molar-refractivity contribution < 1.29 is 8.78 Å². The second-order valence-electron chi connectivity index (χ2n) is 4.23. The summed E-state index contributed by atoms with van der Waals surface area (Å²) in [5.41, 5.74) is 5.71. The number of hydrogen-bond acceptors (Lipinski definition) is 1. The van der Waals surface area contributed by atoms with Gasteiger partial charge >= 0.3 is 0 Å². The van der Waals surface area contributed by atoms with Crippen LogP contribution < -0.4 is 5.73 Å². The number of fused-ring (bicyclic) bond motifs is 2. The van der Waals surface area contributed by atoms with E-state index < -0.39 is 17.8 Å². The number of nitrogens with two attached hydrogens (primary N) is 1. The van der Waals surface area contributed by atoms with Gasteiger partial charge in [0.05, 0.1) is 0 Å². The van der Waals surface area contributed by atoms with E-state index in [2.05, 4.69) is 0 Å². The first-order valence-corrected chi connectivity index (χ1v) is 4.74. The van der Waals surface area contributed by atoms with Crippen LogP contribution in [0.4, 0.5) is 8.78 Å². The third kappa shape index (κ3) is 1.15. The Labute approximate surface area is 71.3 Å². The summed E-state index contributed by atoms with van der Waals surface area (Å²) in [6.07, 6.45) is 3.39. The first kappa shape index (κ1) is 8.42. The SMILES string of the molecule is NC1CC2CCCC(C1)C2(F)F. The second-order valence-corrected chi connectivity index (χ2v) is 4.23. The zero-order valence-electron chi connectivity index (χ0n) is 7.10. The van der Waals surface area contributed by atoms with Gasteiger partial charge in [0.15, 0.2) is 0 Å². The summed E-state index contributed by atoms with van der Waals surface area (Å²) in [4.78, 5) is 0. The zero-order chi connectivity index (χ0) is 8.77. The lowest BCUT2D eigenvalue weighted by Crippen LogP contribution is -2.49. The van der Waals surface area contributed by atoms with E-state index in [0.717, 1.165) is 6.42 Å². The molecule has 0 saturated heterocycles. The molecule has 0 amide bonds. The number of hydrogen-bond donors (Lipinski definition) is 1. The molecule has 2 N–H and O–H groups in total. The summed E-state index contributed by atoms with van der Waals surface area (Å²) in [6.45, 7) is 0. The maximum Gasteiger partial charge on any atom is 0.253 e. The molecule has 0 aromatic carbocycles. The van der Waals surface area contributed by atoms with Crippen LogP contribution in [0.5, 0.6) is 0 Å². The topological polar surface area (TPSA) is 26.0 Å². The largest absolute Gasteiger partial charge is 0.328 e. The van der Waals surface area contributed by atoms with E-state index in [1.54, 1.807) is 0 Å². The molecule has 2 fully saturated rings. The molecule has 0 heterocycles. The van der Waals surface area contributed by atoms with Gasteiger partial charge in [-0.3, -0.25) is 0 Å². The minimum Gasteiger partial charge on any atom is -0.328 e. The van der Waals surface area contributed by atoms with Crippen LogP contribution >= 0.6 is 0 Å². The standard InChI is InChI=1S/C9H15F2N/c10-9(11)6-2-1-3-7(9)5-8(12)4-6/h6-8H,1-5,12H2. The van der Waals surface area contributed by atoms with Gasteiger partial charge in [0, 0.05) is 17.9 Å². The first-order chi connectivity index (χ1) is 5.60. The van der Waals surface area contributed by atoms with Gasteiger partial charge < -0.3 is 5.73 Å². The van der Waals surface area contributed by atoms with E-state index in [-0.39, 0.29) is 6.04 Å². The summed E-state index contributed by atoms with van der Waals surface area (Å²) in [5, 5.41) is 0. The molecule has 70 valence electrons. The average molecular weight is 175 g/mol. The predicted octanol–water partition coefficient (Wildman–Crippen LogP) is 2.16. The Kier molecular flexibility index (Phi) is 1.86. The third-order valence-electron chi connectivity index (χ3n) is 3.37. The Morgan fingerprint density at radius 1 is 1.08 bits per heavy atom. The Morgan fingerprint density at radius 2 is 1.58 bits per heavy atom. The monoisotopic (exact) mass is 175 g/mol. The fraction of sp³-hybridized carbons (Fsp3) is 1.00. The van der Waals surface area contributed by atoms with E-state index >= 15 is 0 Å². The maximum atomic E-state index is 13.4. The van der Waals surface area contributed by atoms with Gasteiger partial charge in [-0.1, -0.05) is 6.42 Å². The van der Waals surface area contributed by atoms with Crippen molar-refractivity contribution in [1.29, 1.82) is 0 Å². The molecule has 0 radical (unpaired) electrons. The van der Waals surface area contributed by atoms with Crippen LogP contribution in [0.1, 0.15) is 32.1 Å². The molecule has 0 aromatic heterocycles. The van der Waals surface area contributed by atoms with Crippen LogP contribution in [0.2, 0.25) is 0 Å². The lowest BCUT2D eigenvalue weighted by molar-refractivity contribution is -0.157. The molecule has 2 unspecified atom stereocenters. The van der Waals surface area contributed by atoms with Crippen molar-refractivity contribution in [2.24, 2.45) is 17.6 Å². The molecule has 2 aliphatic carbocycles. The van der Waals surface area contributed by atoms with Gasteiger partial charge in [0.2, 0.25) is 0 Å². The molecule has 2 bridgehead atoms. The molecule has 2 saturated carbocycles. The summed E-state index contributed by atoms with van der Waals surface area (Å²) in [5.74, 6) is -3.24. The van der Waals surface area contributed by atoms with Crippen LogP contribution in [-0.2, 0) is 0 Å². The van der Waals surface area contributed by atoms with Crippen molar-refractivity contribution in [3.63, 3.8) is 0 Å². The molecule has 0 aromatic rings. The minimum atomic E-state index is -2.41. The Hall–Kier alpha value is -0.180. The van der Waals surface area contributed by atoms with Crippen molar-refractivity contribution in [1.82, 2.24) is 0 Å². The van der Waals surface area contributed by atoms with Crippen LogP contribution in [-0.4, -0.2) is 12.0 Å². The summed E-state index contributed by atoms with van der Waals surface area (Å²) >= 11 is 0. The average Bonchev–Trinajstić information content (AvgIpc) is 1.92. The summed E-state index contributed by atoms with van der Waals surface area (Å²) in [6, 6.07) is 0.0277. The van der Waals surface area contributed by atoms with Crippen molar-refractivity contribution in [3.05, 3.63) is 0 Å². The number of rotatable bonds is 0. The third-order valence-corrected chi connectivity index (χ3v) is 3.37. The van der Waals surface area contributed by atoms with E-state index in [4.69, 9.17) is 5.73 Å². The van der Waals surface area contributed by atoms with Crippen LogP contribution in [0.15, 0.2) is 0 Å². The molecule has 2 rings (SSSR count). The summed E-state index contributed by atoms with van der Waals surface area (Å²) in [7, 11) is 0. The van der Waals surface area contributed by atoms with Crippen molar-refractivity contribution in [3.8, 4) is 0 Å². The van der Waals surface area contributed by atoms with Crippen LogP contribution in [0, 0.1) is 11.8 Å². The molecule has 1 nitrogen and oxygen atoms in total. The Bertz CT molecular complexity index is 165. The van der Waals surface area contributed by atoms with E-state index in [9.17, 15) is 8.78 Å². The van der Waals surface area contributed by atoms with E-state index in [0.29, 0.717) is 25.7 Å².